The number of para-hydroxylation sites is 2. The van der Waals surface area contributed by atoms with Crippen molar-refractivity contribution in [1.29, 1.82) is 0 Å². The van der Waals surface area contributed by atoms with Crippen LogP contribution in [0.15, 0.2) is 35.7 Å². The van der Waals surface area contributed by atoms with Crippen LogP contribution < -0.4 is 10.1 Å². The predicted molar refractivity (Wildman–Crippen MR) is 90.3 cm³/mol. The molecule has 2 rings (SSSR count). The van der Waals surface area contributed by atoms with Gasteiger partial charge in [-0.15, -0.1) is 11.3 Å². The van der Waals surface area contributed by atoms with Gasteiger partial charge in [0.15, 0.2) is 16.4 Å². The highest BCUT2D eigenvalue weighted by Gasteiger charge is 2.17. The number of carbonyl (C=O) groups excluding carboxylic acids is 2. The number of anilines is 1. The lowest BCUT2D eigenvalue weighted by molar-refractivity contribution is -0.116. The maximum absolute atomic E-state index is 12.0. The molecule has 0 radical (unpaired) electrons. The first-order valence-corrected chi connectivity index (χ1v) is 8.11. The molecule has 0 atom stereocenters. The first-order valence-electron chi connectivity index (χ1n) is 7.23. The number of thiophene rings is 1. The Kier molecular flexibility index (Phi) is 5.76. The molecule has 0 saturated heterocycles. The number of hydrogen-bond acceptors (Lipinski definition) is 5. The van der Waals surface area contributed by atoms with Gasteiger partial charge in [-0.1, -0.05) is 26.0 Å². The van der Waals surface area contributed by atoms with Crippen molar-refractivity contribution in [2.24, 2.45) is 5.92 Å². The van der Waals surface area contributed by atoms with Crippen LogP contribution in [0.25, 0.3) is 0 Å². The van der Waals surface area contributed by atoms with Crippen molar-refractivity contribution in [3.05, 3.63) is 40.6 Å². The van der Waals surface area contributed by atoms with Crippen LogP contribution >= 0.6 is 11.3 Å². The number of carbonyl (C=O) groups is 2. The fraction of sp³-hybridized carbons (Fsp3) is 0.294. The summed E-state index contributed by atoms with van der Waals surface area (Å²) in [6, 6.07) is 8.81. The van der Waals surface area contributed by atoms with Gasteiger partial charge in [-0.25, -0.2) is 4.79 Å². The number of rotatable bonds is 6. The zero-order valence-electron chi connectivity index (χ0n) is 13.3. The van der Waals surface area contributed by atoms with E-state index >= 15 is 0 Å². The quantitative estimate of drug-likeness (QED) is 0.800. The van der Waals surface area contributed by atoms with E-state index in [2.05, 4.69) is 5.32 Å². The van der Waals surface area contributed by atoms with Gasteiger partial charge >= 0.3 is 5.97 Å². The summed E-state index contributed by atoms with van der Waals surface area (Å²) in [5.41, 5.74) is 0.570. The minimum atomic E-state index is -0.448. The Bertz CT molecular complexity index is 693. The molecule has 1 N–H and O–H groups in total. The minimum Gasteiger partial charge on any atom is -0.465 e. The summed E-state index contributed by atoms with van der Waals surface area (Å²) >= 11 is 1.24. The number of nitrogens with one attached hydrogen (secondary N) is 1. The second-order valence-corrected chi connectivity index (χ2v) is 6.27. The topological polar surface area (TPSA) is 64.6 Å². The summed E-state index contributed by atoms with van der Waals surface area (Å²) in [5.74, 6) is 0.636. The molecule has 1 heterocycles. The van der Waals surface area contributed by atoms with Crippen molar-refractivity contribution in [3.8, 4) is 11.5 Å². The normalized spacial score (nSPS) is 10.4. The van der Waals surface area contributed by atoms with E-state index in [1.165, 1.54) is 18.4 Å². The molecule has 0 aliphatic heterocycles. The average Bonchev–Trinajstić information content (AvgIpc) is 2.96. The Balaban J connectivity index is 2.20. The number of esters is 1. The maximum Gasteiger partial charge on any atom is 0.351 e. The summed E-state index contributed by atoms with van der Waals surface area (Å²) in [6.45, 7) is 3.96. The predicted octanol–water partition coefficient (Wildman–Crippen LogP) is 4.31. The van der Waals surface area contributed by atoms with E-state index in [9.17, 15) is 9.59 Å². The van der Waals surface area contributed by atoms with Gasteiger partial charge in [0.2, 0.25) is 5.91 Å². The summed E-state index contributed by atoms with van der Waals surface area (Å²) in [6.07, 6.45) is 0.431. The molecule has 5 nitrogen and oxygen atoms in total. The maximum atomic E-state index is 12.0. The number of methoxy groups -OCH3 is 1. The molecule has 2 aromatic rings. The molecule has 0 unspecified atom stereocenters. The molecule has 0 aliphatic carbocycles. The fourth-order valence-electron chi connectivity index (χ4n) is 1.97. The van der Waals surface area contributed by atoms with Crippen LogP contribution in [0.1, 0.15) is 29.9 Å². The van der Waals surface area contributed by atoms with Crippen LogP contribution in [-0.2, 0) is 9.53 Å². The Hall–Kier alpha value is -2.34. The highest BCUT2D eigenvalue weighted by Crippen LogP contribution is 2.34. The van der Waals surface area contributed by atoms with E-state index in [1.807, 2.05) is 19.9 Å². The lowest BCUT2D eigenvalue weighted by atomic mass is 10.1. The van der Waals surface area contributed by atoms with E-state index in [1.54, 1.807) is 29.6 Å². The van der Waals surface area contributed by atoms with Gasteiger partial charge in [0.1, 0.15) is 0 Å². The highest BCUT2D eigenvalue weighted by atomic mass is 32.1. The zero-order chi connectivity index (χ0) is 16.8. The first-order chi connectivity index (χ1) is 11.0. The molecule has 1 amide bonds. The van der Waals surface area contributed by atoms with Gasteiger partial charge in [-0.3, -0.25) is 4.79 Å². The van der Waals surface area contributed by atoms with Gasteiger partial charge in [-0.2, -0.15) is 0 Å². The number of benzene rings is 1. The third-order valence-electron chi connectivity index (χ3n) is 2.97. The molecule has 0 spiro atoms. The SMILES string of the molecule is COC(=O)c1sccc1Oc1ccccc1NC(=O)CC(C)C. The Morgan fingerprint density at radius 3 is 2.61 bits per heavy atom. The molecule has 6 heteroatoms. The third-order valence-corrected chi connectivity index (χ3v) is 3.85. The number of ether oxygens (including phenoxy) is 2. The molecule has 0 saturated carbocycles. The molecule has 1 aromatic carbocycles. The van der Waals surface area contributed by atoms with Crippen molar-refractivity contribution in [1.82, 2.24) is 0 Å². The molecule has 1 aromatic heterocycles. The summed E-state index contributed by atoms with van der Waals surface area (Å²) < 4.78 is 10.5. The van der Waals surface area contributed by atoms with E-state index in [0.717, 1.165) is 0 Å². The van der Waals surface area contributed by atoms with Gasteiger partial charge in [0.25, 0.3) is 0 Å². The van der Waals surface area contributed by atoms with Crippen molar-refractivity contribution < 1.29 is 19.1 Å². The monoisotopic (exact) mass is 333 g/mol. The van der Waals surface area contributed by atoms with Gasteiger partial charge in [0, 0.05) is 6.42 Å². The smallest absolute Gasteiger partial charge is 0.351 e. The summed E-state index contributed by atoms with van der Waals surface area (Å²) in [5, 5.41) is 4.59. The molecule has 0 aliphatic rings. The lowest BCUT2D eigenvalue weighted by Crippen LogP contribution is -2.14. The number of amides is 1. The highest BCUT2D eigenvalue weighted by molar-refractivity contribution is 7.12. The van der Waals surface area contributed by atoms with Crippen molar-refractivity contribution in [2.75, 3.05) is 12.4 Å². The van der Waals surface area contributed by atoms with Crippen molar-refractivity contribution in [3.63, 3.8) is 0 Å². The molecular weight excluding hydrogens is 314 g/mol. The van der Waals surface area contributed by atoms with Crippen LogP contribution in [0.4, 0.5) is 5.69 Å². The Morgan fingerprint density at radius 2 is 1.91 bits per heavy atom. The van der Waals surface area contributed by atoms with E-state index in [0.29, 0.717) is 28.5 Å². The van der Waals surface area contributed by atoms with Crippen LogP contribution in [-0.4, -0.2) is 19.0 Å². The van der Waals surface area contributed by atoms with Crippen molar-refractivity contribution in [2.45, 2.75) is 20.3 Å². The second-order valence-electron chi connectivity index (χ2n) is 5.35. The average molecular weight is 333 g/mol. The van der Waals surface area contributed by atoms with Crippen LogP contribution in [0.3, 0.4) is 0 Å². The second kappa shape index (κ2) is 7.78. The minimum absolute atomic E-state index is 0.0745. The largest absolute Gasteiger partial charge is 0.465 e. The summed E-state index contributed by atoms with van der Waals surface area (Å²) in [7, 11) is 1.33. The molecule has 122 valence electrons. The molecule has 0 fully saturated rings. The number of hydrogen-bond donors (Lipinski definition) is 1. The standard InChI is InChI=1S/C17H19NO4S/c1-11(2)10-15(19)18-12-6-4-5-7-13(12)22-14-8-9-23-16(14)17(20)21-3/h4-9,11H,10H2,1-3H3,(H,18,19). The van der Waals surface area contributed by atoms with Crippen LogP contribution in [0.5, 0.6) is 11.5 Å². The van der Waals surface area contributed by atoms with Crippen molar-refractivity contribution >= 4 is 28.9 Å². The fourth-order valence-corrected chi connectivity index (χ4v) is 2.70. The van der Waals surface area contributed by atoms with Crippen LogP contribution in [0.2, 0.25) is 0 Å². The van der Waals surface area contributed by atoms with Gasteiger partial charge in [0.05, 0.1) is 12.8 Å². The molecule has 0 bridgehead atoms. The van der Waals surface area contributed by atoms with Gasteiger partial charge < -0.3 is 14.8 Å². The zero-order valence-corrected chi connectivity index (χ0v) is 14.1. The van der Waals surface area contributed by atoms with Gasteiger partial charge in [-0.05, 0) is 29.5 Å². The lowest BCUT2D eigenvalue weighted by Gasteiger charge is -2.13. The Labute approximate surface area is 139 Å². The third kappa shape index (κ3) is 4.56. The first kappa shape index (κ1) is 17.0. The summed E-state index contributed by atoms with van der Waals surface area (Å²) in [4.78, 5) is 24.1. The van der Waals surface area contributed by atoms with E-state index in [4.69, 9.17) is 9.47 Å². The molecular formula is C17H19NO4S. The van der Waals surface area contributed by atoms with E-state index < -0.39 is 5.97 Å². The molecule has 23 heavy (non-hydrogen) atoms. The van der Waals surface area contributed by atoms with E-state index in [-0.39, 0.29) is 11.8 Å². The van der Waals surface area contributed by atoms with Crippen LogP contribution in [0, 0.1) is 5.92 Å². The Morgan fingerprint density at radius 1 is 1.17 bits per heavy atom.